The molecular formula is C38H64N8O7S. The molecular weight excluding hydrogens is 713 g/mol. The van der Waals surface area contributed by atoms with E-state index in [-0.39, 0.29) is 55.5 Å². The van der Waals surface area contributed by atoms with Gasteiger partial charge in [0.2, 0.25) is 18.2 Å². The van der Waals surface area contributed by atoms with Crippen molar-refractivity contribution in [3.63, 3.8) is 0 Å². The molecule has 2 rings (SSSR count). The number of Topliss-reactive ketones (excluding diaryl/α,β-unsaturated/α-hetero) is 1. The number of carbonyl (C=O) groups is 6. The van der Waals surface area contributed by atoms with Crippen molar-refractivity contribution in [3.05, 3.63) is 47.3 Å². The molecule has 54 heavy (non-hydrogen) atoms. The number of aromatic nitrogens is 3. The fourth-order valence-corrected chi connectivity index (χ4v) is 4.90. The zero-order chi connectivity index (χ0) is 40.9. The van der Waals surface area contributed by atoms with Crippen molar-refractivity contribution in [1.82, 2.24) is 41.6 Å². The van der Waals surface area contributed by atoms with E-state index < -0.39 is 17.9 Å². The Morgan fingerprint density at radius 2 is 1.61 bits per heavy atom. The fourth-order valence-electron chi connectivity index (χ4n) is 4.31. The van der Waals surface area contributed by atoms with E-state index in [0.717, 1.165) is 24.3 Å². The predicted molar refractivity (Wildman–Crippen MR) is 213 cm³/mol. The van der Waals surface area contributed by atoms with Gasteiger partial charge in [0.1, 0.15) is 12.6 Å². The van der Waals surface area contributed by atoms with E-state index in [4.69, 9.17) is 5.11 Å². The number of carbonyl (C=O) groups excluding carboxylic acids is 5. The van der Waals surface area contributed by atoms with Gasteiger partial charge in [0.15, 0.2) is 5.78 Å². The quantitative estimate of drug-likeness (QED) is 0.0671. The van der Waals surface area contributed by atoms with Gasteiger partial charge >= 0.3 is 5.97 Å². The van der Waals surface area contributed by atoms with Gasteiger partial charge in [0.25, 0.3) is 5.91 Å². The molecule has 304 valence electrons. The second-order valence-corrected chi connectivity index (χ2v) is 14.4. The molecule has 1 aromatic carbocycles. The molecule has 4 amide bonds. The number of nitrogens with one attached hydrogen (secondary N) is 5. The van der Waals surface area contributed by atoms with Crippen molar-refractivity contribution in [2.24, 2.45) is 5.92 Å². The van der Waals surface area contributed by atoms with Gasteiger partial charge < -0.3 is 31.7 Å². The second-order valence-electron chi connectivity index (χ2n) is 13.4. The number of nitrogens with zero attached hydrogens (tertiary/aromatic N) is 3. The molecule has 6 N–H and O–H groups in total. The van der Waals surface area contributed by atoms with E-state index in [1.807, 2.05) is 38.1 Å². The number of amides is 4. The lowest BCUT2D eigenvalue weighted by atomic mass is 10.1. The molecule has 0 spiro atoms. The molecule has 0 aliphatic carbocycles. The van der Waals surface area contributed by atoms with Gasteiger partial charge in [-0.25, -0.2) is 9.48 Å². The molecule has 2 atom stereocenters. The van der Waals surface area contributed by atoms with Crippen molar-refractivity contribution in [2.45, 2.75) is 125 Å². The van der Waals surface area contributed by atoms with Crippen LogP contribution in [0.1, 0.15) is 109 Å². The first-order valence-corrected chi connectivity index (χ1v) is 20.1. The molecule has 16 heteroatoms. The van der Waals surface area contributed by atoms with Crippen LogP contribution >= 0.6 is 11.8 Å². The number of thioether (sulfide) groups is 1. The SMILES string of the molecule is CC(C)C(=O)Cn1cc(CCC(=O)NCCCCC(NC(=O)CNC=O)C(=O)O)nn1.CCC.CSCCC(C)NC(=O)c1ccc(CNC(C)C)cc1. The summed E-state index contributed by atoms with van der Waals surface area (Å²) in [5.74, 6) is -0.861. The third-order valence-electron chi connectivity index (χ3n) is 7.44. The van der Waals surface area contributed by atoms with Gasteiger partial charge in [0.05, 0.1) is 12.2 Å². The minimum atomic E-state index is -1.16. The topological polar surface area (TPSA) is 214 Å². The summed E-state index contributed by atoms with van der Waals surface area (Å²) in [7, 11) is 0. The molecule has 0 bridgehead atoms. The Morgan fingerprint density at radius 1 is 0.944 bits per heavy atom. The highest BCUT2D eigenvalue weighted by Crippen LogP contribution is 2.07. The van der Waals surface area contributed by atoms with Gasteiger partial charge in [-0.15, -0.1) is 5.10 Å². The van der Waals surface area contributed by atoms with E-state index in [1.165, 1.54) is 16.7 Å². The van der Waals surface area contributed by atoms with E-state index in [1.54, 1.807) is 18.0 Å². The smallest absolute Gasteiger partial charge is 0.326 e. The van der Waals surface area contributed by atoms with Gasteiger partial charge in [-0.05, 0) is 62.3 Å². The van der Waals surface area contributed by atoms with Crippen molar-refractivity contribution in [1.29, 1.82) is 0 Å². The largest absolute Gasteiger partial charge is 0.480 e. The second kappa shape index (κ2) is 30.1. The molecule has 0 aliphatic heterocycles. The van der Waals surface area contributed by atoms with Gasteiger partial charge in [-0.1, -0.05) is 65.3 Å². The molecule has 0 fully saturated rings. The van der Waals surface area contributed by atoms with Crippen LogP contribution in [0.5, 0.6) is 0 Å². The number of hydrogen-bond acceptors (Lipinski definition) is 10. The third-order valence-corrected chi connectivity index (χ3v) is 8.08. The first kappa shape index (κ1) is 49.7. The fraction of sp³-hybridized carbons (Fsp3) is 0.632. The summed E-state index contributed by atoms with van der Waals surface area (Å²) in [6.45, 7) is 15.3. The molecule has 0 aliphatic rings. The Morgan fingerprint density at radius 3 is 2.19 bits per heavy atom. The van der Waals surface area contributed by atoms with Crippen LogP contribution in [0.15, 0.2) is 30.5 Å². The minimum absolute atomic E-state index is 0.0157. The summed E-state index contributed by atoms with van der Waals surface area (Å²) in [5, 5.41) is 30.6. The van der Waals surface area contributed by atoms with Crippen molar-refractivity contribution in [3.8, 4) is 0 Å². The molecule has 15 nitrogen and oxygen atoms in total. The van der Waals surface area contributed by atoms with E-state index in [9.17, 15) is 28.8 Å². The Kier molecular flexibility index (Phi) is 27.7. The molecule has 2 aromatic rings. The normalized spacial score (nSPS) is 11.6. The monoisotopic (exact) mass is 776 g/mol. The average Bonchev–Trinajstić information content (AvgIpc) is 3.58. The number of aryl methyl sites for hydroxylation is 1. The Bertz CT molecular complexity index is 1390. The number of benzene rings is 1. The zero-order valence-corrected chi connectivity index (χ0v) is 34.2. The summed E-state index contributed by atoms with van der Waals surface area (Å²) in [6, 6.07) is 7.45. The van der Waals surface area contributed by atoms with Crippen LogP contribution in [-0.2, 0) is 43.5 Å². The minimum Gasteiger partial charge on any atom is -0.480 e. The van der Waals surface area contributed by atoms with Gasteiger partial charge in [-0.3, -0.25) is 24.0 Å². The average molecular weight is 777 g/mol. The maximum atomic E-state index is 12.1. The maximum absolute atomic E-state index is 12.1. The first-order valence-electron chi connectivity index (χ1n) is 18.7. The predicted octanol–water partition coefficient (Wildman–Crippen LogP) is 3.51. The Hall–Kier alpha value is -4.31. The highest BCUT2D eigenvalue weighted by molar-refractivity contribution is 7.98. The number of hydrogen-bond donors (Lipinski definition) is 6. The first-order chi connectivity index (χ1) is 25.7. The lowest BCUT2D eigenvalue weighted by Crippen LogP contribution is -2.44. The van der Waals surface area contributed by atoms with E-state index >= 15 is 0 Å². The summed E-state index contributed by atoms with van der Waals surface area (Å²) in [4.78, 5) is 68.5. The molecule has 0 saturated carbocycles. The van der Waals surface area contributed by atoms with Crippen LogP contribution in [0.2, 0.25) is 0 Å². The van der Waals surface area contributed by atoms with Gasteiger partial charge in [0, 0.05) is 55.7 Å². The number of carboxylic acid groups (broad SMARTS) is 1. The van der Waals surface area contributed by atoms with Crippen LogP contribution in [0, 0.1) is 5.92 Å². The number of carboxylic acids is 1. The highest BCUT2D eigenvalue weighted by atomic mass is 32.2. The number of ketones is 1. The standard InChI is InChI=1S/C19H30N6O6.C16H26N2OS.C3H8/c1-13(2)16(27)11-25-10-14(23-24-25)6-7-17(28)21-8-4-3-5-15(19(30)31)22-18(29)9-20-12-26;1-12(2)17-11-14-5-7-15(8-6-14)16(19)18-13(3)9-10-20-4;1-3-2/h10,12-13,15H,3-9,11H2,1-2H3,(H,20,26)(H,21,28)(H,22,29)(H,30,31);5-8,12-13,17H,9-11H2,1-4H3,(H,18,19);3H2,1-2H3. The summed E-state index contributed by atoms with van der Waals surface area (Å²) in [5.41, 5.74) is 2.55. The number of rotatable bonds is 24. The van der Waals surface area contributed by atoms with Crippen molar-refractivity contribution >= 4 is 47.6 Å². The number of unbranched alkanes of at least 4 members (excludes halogenated alkanes) is 1. The molecule has 1 aromatic heterocycles. The van der Waals surface area contributed by atoms with Crippen LogP contribution in [-0.4, -0.2) is 99.2 Å². The van der Waals surface area contributed by atoms with E-state index in [0.29, 0.717) is 44.0 Å². The zero-order valence-electron chi connectivity index (χ0n) is 33.4. The van der Waals surface area contributed by atoms with Crippen LogP contribution < -0.4 is 26.6 Å². The third kappa shape index (κ3) is 24.8. The summed E-state index contributed by atoms with van der Waals surface area (Å²) in [6.07, 6.45) is 8.19. The van der Waals surface area contributed by atoms with Gasteiger partial charge in [-0.2, -0.15) is 11.8 Å². The molecule has 2 unspecified atom stereocenters. The maximum Gasteiger partial charge on any atom is 0.326 e. The lowest BCUT2D eigenvalue weighted by Gasteiger charge is -2.14. The molecule has 0 radical (unpaired) electrons. The molecule has 1 heterocycles. The number of aliphatic carboxylic acids is 1. The van der Waals surface area contributed by atoms with E-state index in [2.05, 4.69) is 77.8 Å². The van der Waals surface area contributed by atoms with Crippen molar-refractivity contribution < 1.29 is 33.9 Å². The van der Waals surface area contributed by atoms with Crippen LogP contribution in [0.25, 0.3) is 0 Å². The summed E-state index contributed by atoms with van der Waals surface area (Å²) >= 11 is 1.80. The molecule has 0 saturated heterocycles. The van der Waals surface area contributed by atoms with Crippen LogP contribution in [0.3, 0.4) is 0 Å². The Balaban J connectivity index is 0.00000105. The lowest BCUT2D eigenvalue weighted by molar-refractivity contribution is -0.142. The van der Waals surface area contributed by atoms with Crippen LogP contribution in [0.4, 0.5) is 0 Å². The van der Waals surface area contributed by atoms with Crippen molar-refractivity contribution in [2.75, 3.05) is 25.1 Å². The highest BCUT2D eigenvalue weighted by Gasteiger charge is 2.19. The Labute approximate surface area is 325 Å². The summed E-state index contributed by atoms with van der Waals surface area (Å²) < 4.78 is 1.46.